The summed E-state index contributed by atoms with van der Waals surface area (Å²) in [5.41, 5.74) is -1.96. The maximum atomic E-state index is 12.7. The molecule has 0 radical (unpaired) electrons. The lowest BCUT2D eigenvalue weighted by Crippen LogP contribution is -2.44. The third-order valence-corrected chi connectivity index (χ3v) is 7.32. The third-order valence-electron chi connectivity index (χ3n) is 7.32. The Bertz CT molecular complexity index is 914. The van der Waals surface area contributed by atoms with Gasteiger partial charge in [0.2, 0.25) is 0 Å². The number of carbonyl (C=O) groups excluding carboxylic acids is 4. The Labute approximate surface area is 298 Å². The minimum Gasteiger partial charge on any atom is -0.469 e. The number of ether oxygens (including phenoxy) is 5. The molecule has 15 nitrogen and oxygen atoms in total. The molecule has 0 amide bonds. The predicted octanol–water partition coefficient (Wildman–Crippen LogP) is 5.40. The molecule has 0 fully saturated rings. The topological polar surface area (TPSA) is 170 Å². The van der Waals surface area contributed by atoms with E-state index in [9.17, 15) is 19.2 Å². The molecule has 0 aliphatic heterocycles. The van der Waals surface area contributed by atoms with Gasteiger partial charge in [-0.3, -0.25) is 19.2 Å². The number of hydrogen-bond donors (Lipinski definition) is 0. The average Bonchev–Trinajstić information content (AvgIpc) is 3.08. The molecule has 0 rings (SSSR count). The first-order valence-electron chi connectivity index (χ1n) is 17.8. The van der Waals surface area contributed by atoms with Crippen molar-refractivity contribution in [3.05, 3.63) is 0 Å². The summed E-state index contributed by atoms with van der Waals surface area (Å²) < 4.78 is 28.2. The second-order valence-electron chi connectivity index (χ2n) is 12.6. The number of esters is 4. The van der Waals surface area contributed by atoms with E-state index in [-0.39, 0.29) is 71.1 Å². The van der Waals surface area contributed by atoms with Gasteiger partial charge in [0, 0.05) is 18.3 Å². The Balaban J connectivity index is 6.59. The van der Waals surface area contributed by atoms with Gasteiger partial charge in [-0.25, -0.2) is 29.3 Å². The van der Waals surface area contributed by atoms with E-state index in [1.165, 1.54) is 7.11 Å². The van der Waals surface area contributed by atoms with Crippen LogP contribution in [-0.4, -0.2) is 102 Å². The van der Waals surface area contributed by atoms with Gasteiger partial charge in [-0.1, -0.05) is 13.8 Å². The monoisotopic (exact) mass is 724 g/mol. The van der Waals surface area contributed by atoms with Crippen LogP contribution in [0.3, 0.4) is 0 Å². The summed E-state index contributed by atoms with van der Waals surface area (Å²) in [6, 6.07) is 0. The van der Waals surface area contributed by atoms with Crippen LogP contribution in [0, 0.1) is 10.8 Å². The first-order valence-corrected chi connectivity index (χ1v) is 17.8. The Morgan fingerprint density at radius 1 is 0.480 bits per heavy atom. The molecule has 4 atom stereocenters. The van der Waals surface area contributed by atoms with Crippen LogP contribution >= 0.6 is 0 Å². The van der Waals surface area contributed by atoms with Gasteiger partial charge in [0.15, 0.2) is 0 Å². The molecular weight excluding hydrogens is 660 g/mol. The maximum Gasteiger partial charge on any atom is 0.306 e. The number of methoxy groups -OCH3 is 1. The van der Waals surface area contributed by atoms with Gasteiger partial charge < -0.3 is 23.7 Å². The van der Waals surface area contributed by atoms with Crippen molar-refractivity contribution in [1.29, 1.82) is 0 Å². The minimum absolute atomic E-state index is 0.0175. The minimum atomic E-state index is -1.10. The van der Waals surface area contributed by atoms with Gasteiger partial charge in [-0.05, 0) is 73.6 Å². The molecule has 15 heteroatoms. The fourth-order valence-electron chi connectivity index (χ4n) is 5.26. The SMILES string of the molecule is CCCC(=O)OCC(COCC(COC(=O)CCC)(CC(C)OOCC)CC(C)OOCC)(COC(=O)CCC(=O)OC)CC(C)OOCC. The van der Waals surface area contributed by atoms with Crippen molar-refractivity contribution in [2.45, 2.75) is 131 Å². The van der Waals surface area contributed by atoms with Crippen molar-refractivity contribution in [2.75, 3.05) is 60.0 Å². The molecule has 0 spiro atoms. The summed E-state index contributed by atoms with van der Waals surface area (Å²) in [4.78, 5) is 81.8. The van der Waals surface area contributed by atoms with Crippen molar-refractivity contribution >= 4 is 23.9 Å². The number of hydrogen-bond acceptors (Lipinski definition) is 15. The van der Waals surface area contributed by atoms with Crippen LogP contribution in [0.15, 0.2) is 0 Å². The standard InChI is InChI=1S/C35H64O15/c1-10-15-31(37)42-24-34(19-27(6)48-45-12-3,20-28(7)49-46-13-4)22-41-23-35(21-29(8)50-47-14-5,25-43-32(38)16-11-2)26-44-33(39)18-17-30(36)40-9/h27-29H,10-26H2,1-9H3. The smallest absolute Gasteiger partial charge is 0.306 e. The van der Waals surface area contributed by atoms with Crippen molar-refractivity contribution in [3.8, 4) is 0 Å². The van der Waals surface area contributed by atoms with E-state index >= 15 is 0 Å². The van der Waals surface area contributed by atoms with Crippen molar-refractivity contribution in [3.63, 3.8) is 0 Å². The highest BCUT2D eigenvalue weighted by molar-refractivity contribution is 5.77. The van der Waals surface area contributed by atoms with Crippen LogP contribution in [-0.2, 0) is 72.2 Å². The zero-order valence-corrected chi connectivity index (χ0v) is 31.9. The fraction of sp³-hybridized carbons (Fsp3) is 0.886. The van der Waals surface area contributed by atoms with E-state index in [1.54, 1.807) is 27.7 Å². The average molecular weight is 725 g/mol. The van der Waals surface area contributed by atoms with Gasteiger partial charge >= 0.3 is 23.9 Å². The van der Waals surface area contributed by atoms with Gasteiger partial charge in [0.1, 0.15) is 13.2 Å². The second-order valence-corrected chi connectivity index (χ2v) is 12.6. The Morgan fingerprint density at radius 3 is 1.20 bits per heavy atom. The lowest BCUT2D eigenvalue weighted by molar-refractivity contribution is -0.333. The van der Waals surface area contributed by atoms with Crippen LogP contribution in [0.4, 0.5) is 0 Å². The first-order chi connectivity index (χ1) is 23.8. The Hall–Kier alpha value is -2.40. The van der Waals surface area contributed by atoms with E-state index < -0.39 is 47.0 Å². The van der Waals surface area contributed by atoms with E-state index in [0.29, 0.717) is 45.5 Å². The molecule has 294 valence electrons. The highest BCUT2D eigenvalue weighted by atomic mass is 17.2. The summed E-state index contributed by atoms with van der Waals surface area (Å²) >= 11 is 0. The molecule has 0 aromatic rings. The van der Waals surface area contributed by atoms with Gasteiger partial charge in [0.05, 0.1) is 83.3 Å². The molecule has 0 aromatic carbocycles. The molecule has 0 aliphatic carbocycles. The summed E-state index contributed by atoms with van der Waals surface area (Å²) in [6.45, 7) is 15.1. The molecule has 0 N–H and O–H groups in total. The van der Waals surface area contributed by atoms with Crippen LogP contribution in [0.25, 0.3) is 0 Å². The summed E-state index contributed by atoms with van der Waals surface area (Å²) in [7, 11) is 1.23. The number of rotatable bonds is 32. The molecule has 0 saturated heterocycles. The van der Waals surface area contributed by atoms with Gasteiger partial charge in [0.25, 0.3) is 0 Å². The summed E-state index contributed by atoms with van der Waals surface area (Å²) in [6.07, 6.45) is 0.779. The normalized spacial score (nSPS) is 15.6. The van der Waals surface area contributed by atoms with Crippen molar-refractivity contribution in [1.82, 2.24) is 0 Å². The molecular formula is C35H64O15. The quantitative estimate of drug-likeness (QED) is 0.0374. The molecule has 4 unspecified atom stereocenters. The molecule has 0 heterocycles. The Kier molecular flexibility index (Phi) is 26.9. The lowest BCUT2D eigenvalue weighted by Gasteiger charge is -2.39. The van der Waals surface area contributed by atoms with Crippen LogP contribution in [0.5, 0.6) is 0 Å². The van der Waals surface area contributed by atoms with E-state index in [2.05, 4.69) is 4.74 Å². The molecule has 0 bridgehead atoms. The van der Waals surface area contributed by atoms with Crippen LogP contribution in [0.2, 0.25) is 0 Å². The lowest BCUT2D eigenvalue weighted by atomic mass is 9.78. The van der Waals surface area contributed by atoms with Gasteiger partial charge in [-0.15, -0.1) is 0 Å². The predicted molar refractivity (Wildman–Crippen MR) is 180 cm³/mol. The highest BCUT2D eigenvalue weighted by Gasteiger charge is 2.41. The Morgan fingerprint density at radius 2 is 0.820 bits per heavy atom. The summed E-state index contributed by atoms with van der Waals surface area (Å²) in [5.74, 6) is -1.97. The molecule has 0 aliphatic rings. The highest BCUT2D eigenvalue weighted by Crippen LogP contribution is 2.35. The zero-order valence-electron chi connectivity index (χ0n) is 31.9. The molecule has 0 saturated carbocycles. The second kappa shape index (κ2) is 28.2. The third kappa shape index (κ3) is 22.4. The summed E-state index contributed by atoms with van der Waals surface area (Å²) in [5, 5.41) is 0. The van der Waals surface area contributed by atoms with E-state index in [4.69, 9.17) is 48.3 Å². The van der Waals surface area contributed by atoms with Crippen LogP contribution < -0.4 is 0 Å². The molecule has 50 heavy (non-hydrogen) atoms. The molecule has 0 aromatic heterocycles. The maximum absolute atomic E-state index is 12.7. The van der Waals surface area contributed by atoms with E-state index in [1.807, 2.05) is 27.7 Å². The largest absolute Gasteiger partial charge is 0.469 e. The number of carbonyl (C=O) groups is 4. The van der Waals surface area contributed by atoms with Gasteiger partial charge in [-0.2, -0.15) is 0 Å². The fourth-order valence-corrected chi connectivity index (χ4v) is 5.26. The van der Waals surface area contributed by atoms with Crippen molar-refractivity contribution < 1.29 is 72.2 Å². The van der Waals surface area contributed by atoms with Crippen molar-refractivity contribution in [2.24, 2.45) is 10.8 Å². The first kappa shape index (κ1) is 47.6. The van der Waals surface area contributed by atoms with Crippen LogP contribution in [0.1, 0.15) is 113 Å². The van der Waals surface area contributed by atoms with E-state index in [0.717, 1.165) is 0 Å². The zero-order chi connectivity index (χ0) is 37.8.